The van der Waals surface area contributed by atoms with E-state index in [0.717, 1.165) is 43.1 Å². The fourth-order valence-corrected chi connectivity index (χ4v) is 5.31. The van der Waals surface area contributed by atoms with Crippen LogP contribution in [0.2, 0.25) is 5.02 Å². The number of benzene rings is 3. The van der Waals surface area contributed by atoms with E-state index in [1.54, 1.807) is 43.5 Å². The van der Waals surface area contributed by atoms with Crippen LogP contribution in [0.5, 0.6) is 5.75 Å². The lowest BCUT2D eigenvalue weighted by atomic mass is 9.95. The summed E-state index contributed by atoms with van der Waals surface area (Å²) in [4.78, 5) is 15.2. The van der Waals surface area contributed by atoms with Gasteiger partial charge >= 0.3 is 0 Å². The summed E-state index contributed by atoms with van der Waals surface area (Å²) in [6, 6.07) is 20.6. The Balaban J connectivity index is 1.29. The Labute approximate surface area is 211 Å². The van der Waals surface area contributed by atoms with Gasteiger partial charge in [-0.3, -0.25) is 14.4 Å². The zero-order valence-corrected chi connectivity index (χ0v) is 21.0. The molecule has 0 aliphatic carbocycles. The number of sulfonamides is 1. The smallest absolute Gasteiger partial charge is 0.261 e. The van der Waals surface area contributed by atoms with E-state index in [0.29, 0.717) is 17.1 Å². The van der Waals surface area contributed by atoms with Crippen LogP contribution < -0.4 is 14.8 Å². The standard InChI is InChI=1S/C26H28ClN3O4S/c1-34-23-10-6-22(7-11-23)29-35(32,33)24-12-8-21(9-13-24)28-26(31)19-14-16-30(17-15-19)18-20-4-2-3-5-25(20)27/h2-13,19,29H,14-18H2,1H3,(H,28,31). The number of nitrogens with zero attached hydrogens (tertiary/aromatic N) is 1. The maximum Gasteiger partial charge on any atom is 0.261 e. The summed E-state index contributed by atoms with van der Waals surface area (Å²) >= 11 is 6.27. The van der Waals surface area contributed by atoms with Crippen LogP contribution in [0.1, 0.15) is 18.4 Å². The number of piperidine rings is 1. The minimum Gasteiger partial charge on any atom is -0.497 e. The summed E-state index contributed by atoms with van der Waals surface area (Å²) < 4.78 is 33.0. The van der Waals surface area contributed by atoms with Crippen LogP contribution >= 0.6 is 11.6 Å². The number of likely N-dealkylation sites (tertiary alicyclic amines) is 1. The first-order valence-corrected chi connectivity index (χ1v) is 13.2. The third kappa shape index (κ3) is 6.54. The van der Waals surface area contributed by atoms with Crippen LogP contribution in [-0.4, -0.2) is 39.4 Å². The van der Waals surface area contributed by atoms with Gasteiger partial charge < -0.3 is 10.1 Å². The van der Waals surface area contributed by atoms with Crippen LogP contribution in [0.4, 0.5) is 11.4 Å². The molecule has 2 N–H and O–H groups in total. The second-order valence-electron chi connectivity index (χ2n) is 8.49. The molecule has 184 valence electrons. The van der Waals surface area contributed by atoms with Crippen LogP contribution in [0.15, 0.2) is 77.7 Å². The molecule has 0 unspecified atom stereocenters. The third-order valence-electron chi connectivity index (χ3n) is 6.08. The first-order chi connectivity index (χ1) is 16.8. The Hall–Kier alpha value is -3.07. The Morgan fingerprint density at radius 2 is 1.60 bits per heavy atom. The molecule has 0 saturated carbocycles. The van der Waals surface area contributed by atoms with Gasteiger partial charge in [-0.25, -0.2) is 8.42 Å². The van der Waals surface area contributed by atoms with Gasteiger partial charge in [-0.2, -0.15) is 0 Å². The number of nitrogens with one attached hydrogen (secondary N) is 2. The molecule has 1 saturated heterocycles. The first kappa shape index (κ1) is 25.0. The molecule has 9 heteroatoms. The van der Waals surface area contributed by atoms with E-state index in [1.165, 1.54) is 12.1 Å². The van der Waals surface area contributed by atoms with Gasteiger partial charge in [-0.15, -0.1) is 0 Å². The number of hydrogen-bond donors (Lipinski definition) is 2. The SMILES string of the molecule is COc1ccc(NS(=O)(=O)c2ccc(NC(=O)C3CCN(Cc4ccccc4Cl)CC3)cc2)cc1. The van der Waals surface area contributed by atoms with E-state index >= 15 is 0 Å². The molecule has 1 aliphatic heterocycles. The zero-order chi connectivity index (χ0) is 24.8. The molecule has 1 fully saturated rings. The molecule has 0 radical (unpaired) electrons. The quantitative estimate of drug-likeness (QED) is 0.442. The number of amides is 1. The molecule has 1 amide bonds. The van der Waals surface area contributed by atoms with Crippen molar-refractivity contribution in [2.75, 3.05) is 30.2 Å². The number of ether oxygens (including phenoxy) is 1. The number of carbonyl (C=O) groups excluding carboxylic acids is 1. The Kier molecular flexibility index (Phi) is 7.95. The summed E-state index contributed by atoms with van der Waals surface area (Å²) in [5, 5.41) is 3.68. The number of halogens is 1. The molecule has 35 heavy (non-hydrogen) atoms. The number of methoxy groups -OCH3 is 1. The van der Waals surface area contributed by atoms with Crippen molar-refractivity contribution in [1.29, 1.82) is 0 Å². The largest absolute Gasteiger partial charge is 0.497 e. The van der Waals surface area contributed by atoms with Crippen molar-refractivity contribution >= 4 is 38.9 Å². The molecule has 0 aromatic heterocycles. The highest BCUT2D eigenvalue weighted by molar-refractivity contribution is 7.92. The fourth-order valence-electron chi connectivity index (χ4n) is 4.06. The van der Waals surface area contributed by atoms with Crippen molar-refractivity contribution in [3.05, 3.63) is 83.4 Å². The predicted molar refractivity (Wildman–Crippen MR) is 138 cm³/mol. The van der Waals surface area contributed by atoms with Gasteiger partial charge in [0.05, 0.1) is 12.0 Å². The molecular weight excluding hydrogens is 486 g/mol. The molecule has 3 aromatic carbocycles. The summed E-state index contributed by atoms with van der Waals surface area (Å²) in [7, 11) is -2.21. The van der Waals surface area contributed by atoms with Gasteiger partial charge in [-0.05, 0) is 86.1 Å². The number of anilines is 2. The molecule has 7 nitrogen and oxygen atoms in total. The van der Waals surface area contributed by atoms with E-state index in [2.05, 4.69) is 14.9 Å². The maximum atomic E-state index is 12.8. The van der Waals surface area contributed by atoms with Gasteiger partial charge in [0.15, 0.2) is 0 Å². The Morgan fingerprint density at radius 1 is 0.971 bits per heavy atom. The van der Waals surface area contributed by atoms with Crippen LogP contribution in [0, 0.1) is 5.92 Å². The van der Waals surface area contributed by atoms with Crippen molar-refractivity contribution in [1.82, 2.24) is 4.90 Å². The van der Waals surface area contributed by atoms with Crippen LogP contribution in [0.25, 0.3) is 0 Å². The summed E-state index contributed by atoms with van der Waals surface area (Å²) in [5.41, 5.74) is 2.09. The van der Waals surface area contributed by atoms with Crippen molar-refractivity contribution < 1.29 is 17.9 Å². The van der Waals surface area contributed by atoms with Crippen molar-refractivity contribution in [3.63, 3.8) is 0 Å². The highest BCUT2D eigenvalue weighted by Crippen LogP contribution is 2.24. The second kappa shape index (κ2) is 11.1. The molecule has 1 heterocycles. The third-order valence-corrected chi connectivity index (χ3v) is 7.85. The van der Waals surface area contributed by atoms with Gasteiger partial charge in [0, 0.05) is 28.9 Å². The summed E-state index contributed by atoms with van der Waals surface area (Å²) in [5.74, 6) is 0.506. The molecular formula is C26H28ClN3O4S. The lowest BCUT2D eigenvalue weighted by molar-refractivity contribution is -0.121. The van der Waals surface area contributed by atoms with Gasteiger partial charge in [-0.1, -0.05) is 29.8 Å². The molecule has 1 aliphatic rings. The molecule has 0 atom stereocenters. The fraction of sp³-hybridized carbons (Fsp3) is 0.269. The molecule has 4 rings (SSSR count). The lowest BCUT2D eigenvalue weighted by Gasteiger charge is -2.31. The van der Waals surface area contributed by atoms with E-state index in [9.17, 15) is 13.2 Å². The van der Waals surface area contributed by atoms with Crippen LogP contribution in [-0.2, 0) is 21.4 Å². The number of hydrogen-bond acceptors (Lipinski definition) is 5. The zero-order valence-electron chi connectivity index (χ0n) is 19.4. The monoisotopic (exact) mass is 513 g/mol. The Bertz CT molecular complexity index is 1260. The summed E-state index contributed by atoms with van der Waals surface area (Å²) in [6.45, 7) is 2.41. The van der Waals surface area contributed by atoms with E-state index < -0.39 is 10.0 Å². The van der Waals surface area contributed by atoms with Gasteiger partial charge in [0.25, 0.3) is 10.0 Å². The number of carbonyl (C=O) groups is 1. The Morgan fingerprint density at radius 3 is 2.23 bits per heavy atom. The number of rotatable bonds is 8. The van der Waals surface area contributed by atoms with Crippen molar-refractivity contribution in [3.8, 4) is 5.75 Å². The molecule has 3 aromatic rings. The first-order valence-electron chi connectivity index (χ1n) is 11.4. The van der Waals surface area contributed by atoms with Crippen LogP contribution in [0.3, 0.4) is 0 Å². The lowest BCUT2D eigenvalue weighted by Crippen LogP contribution is -2.37. The summed E-state index contributed by atoms with van der Waals surface area (Å²) in [6.07, 6.45) is 1.52. The highest BCUT2D eigenvalue weighted by atomic mass is 35.5. The predicted octanol–water partition coefficient (Wildman–Crippen LogP) is 5.00. The molecule has 0 spiro atoms. The van der Waals surface area contributed by atoms with E-state index in [-0.39, 0.29) is 16.7 Å². The minimum absolute atomic E-state index is 0.0469. The second-order valence-corrected chi connectivity index (χ2v) is 10.6. The average Bonchev–Trinajstić information content (AvgIpc) is 2.86. The normalized spacial score (nSPS) is 14.9. The van der Waals surface area contributed by atoms with Gasteiger partial charge in [0.1, 0.15) is 5.75 Å². The van der Waals surface area contributed by atoms with E-state index in [1.807, 2.05) is 24.3 Å². The molecule has 0 bridgehead atoms. The average molecular weight is 514 g/mol. The highest BCUT2D eigenvalue weighted by Gasteiger charge is 2.25. The van der Waals surface area contributed by atoms with Gasteiger partial charge in [0.2, 0.25) is 5.91 Å². The van der Waals surface area contributed by atoms with Crippen molar-refractivity contribution in [2.24, 2.45) is 5.92 Å². The van der Waals surface area contributed by atoms with E-state index in [4.69, 9.17) is 16.3 Å². The van der Waals surface area contributed by atoms with Crippen molar-refractivity contribution in [2.45, 2.75) is 24.3 Å². The topological polar surface area (TPSA) is 87.7 Å². The minimum atomic E-state index is -3.75. The maximum absolute atomic E-state index is 12.8.